The maximum Gasteiger partial charge on any atom is 0.233 e. The van der Waals surface area contributed by atoms with Crippen LogP contribution < -0.4 is 4.90 Å². The monoisotopic (exact) mass is 429 g/mol. The van der Waals surface area contributed by atoms with Crippen LogP contribution >= 0.6 is 11.3 Å². The summed E-state index contributed by atoms with van der Waals surface area (Å²) in [6.45, 7) is 8.96. The zero-order valence-corrected chi connectivity index (χ0v) is 19.2. The van der Waals surface area contributed by atoms with Crippen molar-refractivity contribution in [3.05, 3.63) is 88.7 Å². The van der Waals surface area contributed by atoms with Crippen LogP contribution in [0.1, 0.15) is 47.6 Å². The number of amides is 1. The third-order valence-electron chi connectivity index (χ3n) is 5.42. The largest absolute Gasteiger partial charge is 0.283 e. The van der Waals surface area contributed by atoms with Crippen LogP contribution in [0.4, 0.5) is 5.13 Å². The summed E-state index contributed by atoms with van der Waals surface area (Å²) in [6.07, 6.45) is 3.89. The number of benzene rings is 2. The van der Waals surface area contributed by atoms with Crippen LogP contribution in [0.25, 0.3) is 10.2 Å². The molecule has 0 aliphatic rings. The molecule has 0 aliphatic heterocycles. The summed E-state index contributed by atoms with van der Waals surface area (Å²) in [7, 11) is 0. The van der Waals surface area contributed by atoms with E-state index in [1.807, 2.05) is 12.1 Å². The van der Waals surface area contributed by atoms with E-state index in [9.17, 15) is 4.79 Å². The average molecular weight is 430 g/mol. The van der Waals surface area contributed by atoms with Crippen LogP contribution in [0.15, 0.2) is 60.9 Å². The van der Waals surface area contributed by atoms with Crippen LogP contribution in [0.2, 0.25) is 0 Å². The molecular weight excluding hydrogens is 402 g/mol. The van der Waals surface area contributed by atoms with Gasteiger partial charge in [-0.3, -0.25) is 14.7 Å². The summed E-state index contributed by atoms with van der Waals surface area (Å²) < 4.78 is 1.11. The van der Waals surface area contributed by atoms with Crippen molar-refractivity contribution in [2.75, 3.05) is 4.90 Å². The van der Waals surface area contributed by atoms with Gasteiger partial charge in [-0.05, 0) is 59.7 Å². The van der Waals surface area contributed by atoms with E-state index in [1.165, 1.54) is 11.1 Å². The van der Waals surface area contributed by atoms with Gasteiger partial charge in [-0.1, -0.05) is 61.6 Å². The van der Waals surface area contributed by atoms with Gasteiger partial charge in [-0.15, -0.1) is 0 Å². The van der Waals surface area contributed by atoms with Crippen molar-refractivity contribution in [1.29, 1.82) is 0 Å². The number of rotatable bonds is 6. The molecule has 0 unspecified atom stereocenters. The van der Waals surface area contributed by atoms with Crippen molar-refractivity contribution in [3.63, 3.8) is 0 Å². The number of pyridine rings is 1. The SMILES string of the molecule is Cc1cc(C)c2nc(N(Cc3cccnc3)C(=O)Cc3ccc(C(C)C)cc3)sc2c1. The minimum absolute atomic E-state index is 0.0366. The predicted octanol–water partition coefficient (Wildman–Crippen LogP) is 6.21. The number of thiazole rings is 1. The highest BCUT2D eigenvalue weighted by Gasteiger charge is 2.21. The number of aromatic nitrogens is 2. The predicted molar refractivity (Wildman–Crippen MR) is 129 cm³/mol. The summed E-state index contributed by atoms with van der Waals surface area (Å²) in [5.41, 5.74) is 6.58. The second kappa shape index (κ2) is 8.98. The van der Waals surface area contributed by atoms with Crippen LogP contribution in [-0.4, -0.2) is 15.9 Å². The topological polar surface area (TPSA) is 46.1 Å². The lowest BCUT2D eigenvalue weighted by Crippen LogP contribution is -2.31. The Hall–Kier alpha value is -3.05. The Labute approximate surface area is 187 Å². The molecule has 158 valence electrons. The first-order valence-electron chi connectivity index (χ1n) is 10.6. The molecule has 0 atom stereocenters. The summed E-state index contributed by atoms with van der Waals surface area (Å²) in [6, 6.07) is 16.5. The molecule has 2 aromatic carbocycles. The highest BCUT2D eigenvalue weighted by atomic mass is 32.1. The number of hydrogen-bond donors (Lipinski definition) is 0. The zero-order chi connectivity index (χ0) is 22.0. The standard InChI is InChI=1S/C26H27N3OS/c1-17(2)22-9-7-20(8-10-22)14-24(30)29(16-21-6-5-11-27-15-21)26-28-25-19(4)12-18(3)13-23(25)31-26/h5-13,15,17H,14,16H2,1-4H3. The molecule has 0 aliphatic carbocycles. The molecule has 0 bridgehead atoms. The van der Waals surface area contributed by atoms with Crippen molar-refractivity contribution < 1.29 is 4.79 Å². The highest BCUT2D eigenvalue weighted by Crippen LogP contribution is 2.33. The van der Waals surface area contributed by atoms with Gasteiger partial charge in [0.1, 0.15) is 0 Å². The molecule has 0 saturated heterocycles. The molecule has 0 radical (unpaired) electrons. The van der Waals surface area contributed by atoms with Gasteiger partial charge in [0.15, 0.2) is 5.13 Å². The summed E-state index contributed by atoms with van der Waals surface area (Å²) in [4.78, 5) is 24.3. The molecule has 5 heteroatoms. The van der Waals surface area contributed by atoms with E-state index >= 15 is 0 Å². The molecule has 1 amide bonds. The number of carbonyl (C=O) groups is 1. The molecule has 0 spiro atoms. The van der Waals surface area contributed by atoms with Crippen molar-refractivity contribution in [2.45, 2.75) is 46.6 Å². The van der Waals surface area contributed by atoms with Gasteiger partial charge in [-0.25, -0.2) is 4.98 Å². The van der Waals surface area contributed by atoms with Gasteiger partial charge in [0.25, 0.3) is 0 Å². The van der Waals surface area contributed by atoms with E-state index in [2.05, 4.69) is 69.1 Å². The molecule has 4 rings (SSSR count). The zero-order valence-electron chi connectivity index (χ0n) is 18.4. The number of carbonyl (C=O) groups excluding carboxylic acids is 1. The fraction of sp³-hybridized carbons (Fsp3) is 0.269. The summed E-state index contributed by atoms with van der Waals surface area (Å²) in [5.74, 6) is 0.510. The van der Waals surface area contributed by atoms with Crippen LogP contribution in [-0.2, 0) is 17.8 Å². The minimum Gasteiger partial charge on any atom is -0.283 e. The molecule has 31 heavy (non-hydrogen) atoms. The first-order valence-corrected chi connectivity index (χ1v) is 11.4. The average Bonchev–Trinajstić information content (AvgIpc) is 3.17. The number of hydrogen-bond acceptors (Lipinski definition) is 4. The first-order chi connectivity index (χ1) is 14.9. The summed E-state index contributed by atoms with van der Waals surface area (Å²) >= 11 is 1.57. The van der Waals surface area contributed by atoms with Gasteiger partial charge in [0.05, 0.1) is 23.2 Å². The van der Waals surface area contributed by atoms with Crippen molar-refractivity contribution in [2.24, 2.45) is 0 Å². The quantitative estimate of drug-likeness (QED) is 0.366. The lowest BCUT2D eigenvalue weighted by molar-refractivity contribution is -0.118. The van der Waals surface area contributed by atoms with Crippen molar-refractivity contribution in [1.82, 2.24) is 9.97 Å². The van der Waals surface area contributed by atoms with E-state index in [0.29, 0.717) is 18.9 Å². The van der Waals surface area contributed by atoms with Gasteiger partial charge in [0, 0.05) is 12.4 Å². The van der Waals surface area contributed by atoms with Gasteiger partial charge < -0.3 is 0 Å². The summed E-state index contributed by atoms with van der Waals surface area (Å²) in [5, 5.41) is 0.733. The maximum absolute atomic E-state index is 13.4. The lowest BCUT2D eigenvalue weighted by atomic mass is 10.0. The Balaban J connectivity index is 1.67. The van der Waals surface area contributed by atoms with E-state index in [1.54, 1.807) is 28.6 Å². The van der Waals surface area contributed by atoms with E-state index in [-0.39, 0.29) is 5.91 Å². The first kappa shape index (κ1) is 21.2. The number of nitrogens with zero attached hydrogens (tertiary/aromatic N) is 3. The maximum atomic E-state index is 13.4. The Kier molecular flexibility index (Phi) is 6.14. The molecule has 4 nitrogen and oxygen atoms in total. The van der Waals surface area contributed by atoms with Crippen LogP contribution in [0.5, 0.6) is 0 Å². The van der Waals surface area contributed by atoms with Crippen molar-refractivity contribution >= 4 is 32.6 Å². The Morgan fingerprint density at radius 1 is 1.06 bits per heavy atom. The molecular formula is C26H27N3OS. The van der Waals surface area contributed by atoms with Crippen molar-refractivity contribution in [3.8, 4) is 0 Å². The van der Waals surface area contributed by atoms with Gasteiger partial charge in [0.2, 0.25) is 5.91 Å². The minimum atomic E-state index is 0.0366. The molecule has 4 aromatic rings. The molecule has 2 heterocycles. The molecule has 0 fully saturated rings. The Bertz CT molecular complexity index is 1200. The molecule has 0 saturated carbocycles. The van der Waals surface area contributed by atoms with Crippen LogP contribution in [0, 0.1) is 13.8 Å². The number of anilines is 1. The smallest absolute Gasteiger partial charge is 0.233 e. The second-order valence-corrected chi connectivity index (χ2v) is 9.35. The second-order valence-electron chi connectivity index (χ2n) is 8.34. The normalized spacial score (nSPS) is 11.3. The van der Waals surface area contributed by atoms with Gasteiger partial charge in [-0.2, -0.15) is 0 Å². The Morgan fingerprint density at radius 2 is 1.84 bits per heavy atom. The van der Waals surface area contributed by atoms with E-state index in [4.69, 9.17) is 4.98 Å². The third kappa shape index (κ3) is 4.83. The highest BCUT2D eigenvalue weighted by molar-refractivity contribution is 7.22. The third-order valence-corrected chi connectivity index (χ3v) is 6.44. The fourth-order valence-electron chi connectivity index (χ4n) is 3.70. The number of aryl methyl sites for hydroxylation is 2. The number of fused-ring (bicyclic) bond motifs is 1. The molecule has 2 aromatic heterocycles. The Morgan fingerprint density at radius 3 is 2.52 bits per heavy atom. The van der Waals surface area contributed by atoms with Gasteiger partial charge >= 0.3 is 0 Å². The molecule has 0 N–H and O–H groups in total. The van der Waals surface area contributed by atoms with Crippen LogP contribution in [0.3, 0.4) is 0 Å². The lowest BCUT2D eigenvalue weighted by Gasteiger charge is -2.20. The van der Waals surface area contributed by atoms with E-state index in [0.717, 1.165) is 32.0 Å². The van der Waals surface area contributed by atoms with E-state index < -0.39 is 0 Å². The fourth-order valence-corrected chi connectivity index (χ4v) is 4.86.